The Kier molecular flexibility index (Phi) is 5.45. The van der Waals surface area contributed by atoms with Crippen molar-refractivity contribution >= 4 is 5.97 Å². The molecule has 1 rings (SSSR count). The second-order valence-electron chi connectivity index (χ2n) is 4.18. The van der Waals surface area contributed by atoms with Gasteiger partial charge in [0.1, 0.15) is 18.0 Å². The van der Waals surface area contributed by atoms with E-state index in [4.69, 9.17) is 9.47 Å². The van der Waals surface area contributed by atoms with Gasteiger partial charge in [0.15, 0.2) is 0 Å². The molecule has 0 amide bonds. The third kappa shape index (κ3) is 4.25. The number of carbonyl (C=O) groups is 1. The molecule has 5 heteroatoms. The van der Waals surface area contributed by atoms with Gasteiger partial charge in [-0.25, -0.2) is 0 Å². The largest absolute Gasteiger partial charge is 0.550 e. The molecule has 0 radical (unpaired) electrons. The summed E-state index contributed by atoms with van der Waals surface area (Å²) in [5, 5.41) is 10.4. The summed E-state index contributed by atoms with van der Waals surface area (Å²) in [4.78, 5) is 11.5. The van der Waals surface area contributed by atoms with Gasteiger partial charge in [-0.15, -0.1) is 0 Å². The number of hydrogen-bond acceptors (Lipinski definition) is 4. The maximum atomic E-state index is 10.4. The fourth-order valence-electron chi connectivity index (χ4n) is 1.73. The molecule has 1 aromatic rings. The number of carboxylic acids is 1. The minimum atomic E-state index is -1.02. The molecule has 0 saturated carbocycles. The maximum absolute atomic E-state index is 10.4. The zero-order chi connectivity index (χ0) is 13.5. The molecule has 0 spiro atoms. The van der Waals surface area contributed by atoms with E-state index in [1.54, 1.807) is 14.2 Å². The summed E-state index contributed by atoms with van der Waals surface area (Å²) in [6, 6.07) is 5.62. The predicted molar refractivity (Wildman–Crippen MR) is 64.6 cm³/mol. The van der Waals surface area contributed by atoms with E-state index < -0.39 is 5.97 Å². The van der Waals surface area contributed by atoms with Crippen LogP contribution in [-0.2, 0) is 11.3 Å². The fraction of sp³-hybridized carbons (Fsp3) is 0.462. The Morgan fingerprint density at radius 1 is 1.33 bits per heavy atom. The smallest absolute Gasteiger partial charge is 0.131 e. The van der Waals surface area contributed by atoms with Crippen molar-refractivity contribution in [1.29, 1.82) is 0 Å². The Morgan fingerprint density at radius 2 is 2.06 bits per heavy atom. The average molecular weight is 253 g/mol. The first-order valence-corrected chi connectivity index (χ1v) is 5.79. The number of aliphatic carboxylic acids is 1. The van der Waals surface area contributed by atoms with Gasteiger partial charge >= 0.3 is 0 Å². The monoisotopic (exact) mass is 253 g/mol. The molecule has 1 atom stereocenters. The molecule has 0 aliphatic carbocycles. The first-order chi connectivity index (χ1) is 8.56. The van der Waals surface area contributed by atoms with Crippen LogP contribution in [0.4, 0.5) is 0 Å². The van der Waals surface area contributed by atoms with Crippen LogP contribution >= 0.6 is 0 Å². The van der Waals surface area contributed by atoms with Crippen molar-refractivity contribution in [2.75, 3.05) is 27.8 Å². The molecule has 1 N–H and O–H groups in total. The van der Waals surface area contributed by atoms with Crippen molar-refractivity contribution in [2.24, 2.45) is 0 Å². The SMILES string of the molecule is COc1ccc(C[NH+](C)CCC(=O)[O-])c(OC)c1. The Labute approximate surface area is 107 Å². The summed E-state index contributed by atoms with van der Waals surface area (Å²) in [5.74, 6) is 0.473. The highest BCUT2D eigenvalue weighted by molar-refractivity contribution is 5.64. The zero-order valence-electron chi connectivity index (χ0n) is 11.0. The maximum Gasteiger partial charge on any atom is 0.131 e. The molecule has 0 aliphatic heterocycles. The lowest BCUT2D eigenvalue weighted by atomic mass is 10.1. The molecule has 0 aromatic heterocycles. The van der Waals surface area contributed by atoms with Crippen molar-refractivity contribution in [3.8, 4) is 11.5 Å². The second-order valence-corrected chi connectivity index (χ2v) is 4.18. The second kappa shape index (κ2) is 6.86. The summed E-state index contributed by atoms with van der Waals surface area (Å²) < 4.78 is 10.4. The van der Waals surface area contributed by atoms with Crippen molar-refractivity contribution < 1.29 is 24.3 Å². The molecule has 100 valence electrons. The Bertz CT molecular complexity index is 406. The van der Waals surface area contributed by atoms with Gasteiger partial charge in [-0.2, -0.15) is 0 Å². The van der Waals surface area contributed by atoms with E-state index in [2.05, 4.69) is 0 Å². The van der Waals surface area contributed by atoms with Crippen LogP contribution in [0.3, 0.4) is 0 Å². The van der Waals surface area contributed by atoms with E-state index in [0.29, 0.717) is 13.1 Å². The quantitative estimate of drug-likeness (QED) is 0.667. The topological polar surface area (TPSA) is 63.0 Å². The summed E-state index contributed by atoms with van der Waals surface area (Å²) in [6.07, 6.45) is 0.0598. The van der Waals surface area contributed by atoms with Gasteiger partial charge in [0.25, 0.3) is 0 Å². The number of carbonyl (C=O) groups excluding carboxylic acids is 1. The molecular weight excluding hydrogens is 234 g/mol. The number of ether oxygens (including phenoxy) is 2. The van der Waals surface area contributed by atoms with Crippen molar-refractivity contribution in [3.05, 3.63) is 23.8 Å². The first-order valence-electron chi connectivity index (χ1n) is 5.79. The molecule has 18 heavy (non-hydrogen) atoms. The zero-order valence-corrected chi connectivity index (χ0v) is 11.0. The Balaban J connectivity index is 2.68. The Morgan fingerprint density at radius 3 is 2.61 bits per heavy atom. The number of nitrogens with one attached hydrogen (secondary N) is 1. The Hall–Kier alpha value is -1.75. The molecule has 1 unspecified atom stereocenters. The van der Waals surface area contributed by atoms with Crippen LogP contribution in [0.15, 0.2) is 18.2 Å². The van der Waals surface area contributed by atoms with Crippen LogP contribution in [0.2, 0.25) is 0 Å². The van der Waals surface area contributed by atoms with Gasteiger partial charge in [-0.1, -0.05) is 0 Å². The van der Waals surface area contributed by atoms with Crippen molar-refractivity contribution in [3.63, 3.8) is 0 Å². The molecule has 0 heterocycles. The number of methoxy groups -OCH3 is 2. The van der Waals surface area contributed by atoms with E-state index in [9.17, 15) is 9.90 Å². The first kappa shape index (κ1) is 14.3. The molecular formula is C13H19NO4. The minimum absolute atomic E-state index is 0.0598. The normalized spacial score (nSPS) is 11.9. The van der Waals surface area contributed by atoms with Crippen LogP contribution in [0.5, 0.6) is 11.5 Å². The van der Waals surface area contributed by atoms with Crippen LogP contribution < -0.4 is 19.5 Å². The van der Waals surface area contributed by atoms with Gasteiger partial charge in [0, 0.05) is 24.0 Å². The van der Waals surface area contributed by atoms with Crippen molar-refractivity contribution in [1.82, 2.24) is 0 Å². The molecule has 0 fully saturated rings. The van der Waals surface area contributed by atoms with E-state index in [1.807, 2.05) is 25.2 Å². The summed E-state index contributed by atoms with van der Waals surface area (Å²) in [7, 11) is 5.15. The molecule has 5 nitrogen and oxygen atoms in total. The van der Waals surface area contributed by atoms with E-state index >= 15 is 0 Å². The number of quaternary nitrogens is 1. The number of hydrogen-bond donors (Lipinski definition) is 1. The van der Waals surface area contributed by atoms with Gasteiger partial charge in [0.05, 0.1) is 27.8 Å². The molecule has 0 saturated heterocycles. The highest BCUT2D eigenvalue weighted by Gasteiger charge is 2.10. The third-order valence-corrected chi connectivity index (χ3v) is 2.74. The van der Waals surface area contributed by atoms with Gasteiger partial charge in [-0.05, 0) is 12.1 Å². The lowest BCUT2D eigenvalue weighted by Gasteiger charge is -2.16. The van der Waals surface area contributed by atoms with Gasteiger partial charge in [-0.3, -0.25) is 0 Å². The lowest BCUT2D eigenvalue weighted by Crippen LogP contribution is -3.07. The number of rotatable bonds is 7. The highest BCUT2D eigenvalue weighted by Crippen LogP contribution is 2.23. The van der Waals surface area contributed by atoms with Crippen LogP contribution in [0, 0.1) is 0 Å². The summed E-state index contributed by atoms with van der Waals surface area (Å²) in [5.41, 5.74) is 1.02. The number of benzene rings is 1. The molecule has 0 bridgehead atoms. The van der Waals surface area contributed by atoms with Gasteiger partial charge < -0.3 is 24.3 Å². The summed E-state index contributed by atoms with van der Waals surface area (Å²) in [6.45, 7) is 1.22. The van der Waals surface area contributed by atoms with Crippen LogP contribution in [-0.4, -0.2) is 33.8 Å². The van der Waals surface area contributed by atoms with Gasteiger partial charge in [0.2, 0.25) is 0 Å². The van der Waals surface area contributed by atoms with Crippen LogP contribution in [0.25, 0.3) is 0 Å². The fourth-order valence-corrected chi connectivity index (χ4v) is 1.73. The minimum Gasteiger partial charge on any atom is -0.550 e. The highest BCUT2D eigenvalue weighted by atomic mass is 16.5. The van der Waals surface area contributed by atoms with E-state index in [0.717, 1.165) is 22.0 Å². The van der Waals surface area contributed by atoms with Crippen LogP contribution in [0.1, 0.15) is 12.0 Å². The standard InChI is InChI=1S/C13H19NO4/c1-14(7-6-13(15)16)9-10-4-5-11(17-2)8-12(10)18-3/h4-5,8H,6-7,9H2,1-3H3,(H,15,16). The molecule has 0 aliphatic rings. The van der Waals surface area contributed by atoms with Crippen molar-refractivity contribution in [2.45, 2.75) is 13.0 Å². The molecule has 1 aromatic carbocycles. The average Bonchev–Trinajstić information content (AvgIpc) is 2.36. The summed E-state index contributed by atoms with van der Waals surface area (Å²) >= 11 is 0. The third-order valence-electron chi connectivity index (χ3n) is 2.74. The van der Waals surface area contributed by atoms with E-state index in [-0.39, 0.29) is 6.42 Å². The number of carboxylic acid groups (broad SMARTS) is 1. The lowest BCUT2D eigenvalue weighted by molar-refractivity contribution is -0.893. The van der Waals surface area contributed by atoms with E-state index in [1.165, 1.54) is 0 Å². The predicted octanol–water partition coefficient (Wildman–Crippen LogP) is -1.14.